The molecule has 1 aromatic heterocycles. The van der Waals surface area contributed by atoms with Crippen molar-refractivity contribution in [3.8, 4) is 0 Å². The monoisotopic (exact) mass is 165 g/mol. The van der Waals surface area contributed by atoms with E-state index in [1.165, 1.54) is 6.39 Å². The standard InChI is InChI=1S/C8H11N3O/c1-6-7(12-5-10-6)8-9-3-4-11(8)2/h5H,3-4H2,1-2H3. The van der Waals surface area contributed by atoms with E-state index < -0.39 is 0 Å². The summed E-state index contributed by atoms with van der Waals surface area (Å²) in [7, 11) is 2.01. The predicted octanol–water partition coefficient (Wildman–Crippen LogP) is 0.675. The van der Waals surface area contributed by atoms with Gasteiger partial charge in [0.05, 0.1) is 12.2 Å². The number of aromatic nitrogens is 1. The second kappa shape index (κ2) is 2.62. The zero-order chi connectivity index (χ0) is 8.55. The lowest BCUT2D eigenvalue weighted by Gasteiger charge is -2.10. The van der Waals surface area contributed by atoms with Gasteiger partial charge >= 0.3 is 0 Å². The normalized spacial score (nSPS) is 16.8. The molecule has 0 fully saturated rings. The maximum Gasteiger partial charge on any atom is 0.192 e. The minimum absolute atomic E-state index is 0.801. The van der Waals surface area contributed by atoms with E-state index in [-0.39, 0.29) is 0 Å². The predicted molar refractivity (Wildman–Crippen MR) is 45.3 cm³/mol. The molecular weight excluding hydrogens is 154 g/mol. The van der Waals surface area contributed by atoms with Crippen molar-refractivity contribution in [2.24, 2.45) is 4.99 Å². The van der Waals surface area contributed by atoms with Crippen LogP contribution in [0.5, 0.6) is 0 Å². The maximum absolute atomic E-state index is 5.24. The van der Waals surface area contributed by atoms with E-state index in [1.807, 2.05) is 14.0 Å². The summed E-state index contributed by atoms with van der Waals surface area (Å²) in [5.41, 5.74) is 0.905. The van der Waals surface area contributed by atoms with Gasteiger partial charge in [-0.1, -0.05) is 0 Å². The molecule has 2 rings (SSSR count). The van der Waals surface area contributed by atoms with Crippen LogP contribution in [-0.2, 0) is 0 Å². The molecule has 0 atom stereocenters. The highest BCUT2D eigenvalue weighted by Gasteiger charge is 2.19. The van der Waals surface area contributed by atoms with Gasteiger partial charge in [0.25, 0.3) is 0 Å². The molecule has 64 valence electrons. The summed E-state index contributed by atoms with van der Waals surface area (Å²) in [6, 6.07) is 0. The van der Waals surface area contributed by atoms with Crippen molar-refractivity contribution in [1.82, 2.24) is 9.88 Å². The topological polar surface area (TPSA) is 41.6 Å². The number of likely N-dealkylation sites (N-methyl/N-ethyl adjacent to an activating group) is 1. The van der Waals surface area contributed by atoms with Gasteiger partial charge in [-0.25, -0.2) is 4.98 Å². The third kappa shape index (κ3) is 0.995. The van der Waals surface area contributed by atoms with Gasteiger partial charge in [-0.3, -0.25) is 4.99 Å². The largest absolute Gasteiger partial charge is 0.440 e. The Morgan fingerprint density at radius 3 is 2.92 bits per heavy atom. The average molecular weight is 165 g/mol. The van der Waals surface area contributed by atoms with E-state index in [0.29, 0.717) is 0 Å². The number of oxazole rings is 1. The summed E-state index contributed by atoms with van der Waals surface area (Å²) in [6.45, 7) is 3.74. The number of hydrogen-bond acceptors (Lipinski definition) is 4. The zero-order valence-corrected chi connectivity index (χ0v) is 7.24. The van der Waals surface area contributed by atoms with Crippen LogP contribution < -0.4 is 0 Å². The second-order valence-corrected chi connectivity index (χ2v) is 2.89. The van der Waals surface area contributed by atoms with Crippen molar-refractivity contribution < 1.29 is 4.42 Å². The fraction of sp³-hybridized carbons (Fsp3) is 0.500. The van der Waals surface area contributed by atoms with Crippen LogP contribution in [0.4, 0.5) is 0 Å². The molecule has 0 unspecified atom stereocenters. The summed E-state index contributed by atoms with van der Waals surface area (Å²) in [4.78, 5) is 10.4. The molecule has 4 heteroatoms. The second-order valence-electron chi connectivity index (χ2n) is 2.89. The average Bonchev–Trinajstić information content (AvgIpc) is 2.59. The lowest BCUT2D eigenvalue weighted by atomic mass is 10.3. The van der Waals surface area contributed by atoms with Crippen LogP contribution in [0.1, 0.15) is 11.5 Å². The van der Waals surface area contributed by atoms with Crippen molar-refractivity contribution in [3.05, 3.63) is 17.8 Å². The molecule has 0 aliphatic carbocycles. The smallest absolute Gasteiger partial charge is 0.192 e. The molecule has 0 amide bonds. The highest BCUT2D eigenvalue weighted by molar-refractivity contribution is 5.97. The van der Waals surface area contributed by atoms with Gasteiger partial charge in [0, 0.05) is 13.6 Å². The molecular formula is C8H11N3O. The Bertz CT molecular complexity index is 316. The number of nitrogens with zero attached hydrogens (tertiary/aromatic N) is 3. The quantitative estimate of drug-likeness (QED) is 0.614. The Hall–Kier alpha value is -1.32. The highest BCUT2D eigenvalue weighted by Crippen LogP contribution is 2.12. The van der Waals surface area contributed by atoms with Gasteiger partial charge in [-0.05, 0) is 6.92 Å². The molecule has 0 spiro atoms. The van der Waals surface area contributed by atoms with Crippen LogP contribution in [0.2, 0.25) is 0 Å². The third-order valence-corrected chi connectivity index (χ3v) is 2.01. The lowest BCUT2D eigenvalue weighted by molar-refractivity contribution is 0.508. The Balaban J connectivity index is 2.37. The molecule has 1 aromatic rings. The van der Waals surface area contributed by atoms with E-state index >= 15 is 0 Å². The Morgan fingerprint density at radius 2 is 2.42 bits per heavy atom. The molecule has 0 bridgehead atoms. The maximum atomic E-state index is 5.24. The van der Waals surface area contributed by atoms with Crippen LogP contribution in [0.3, 0.4) is 0 Å². The fourth-order valence-corrected chi connectivity index (χ4v) is 1.29. The Morgan fingerprint density at radius 1 is 1.58 bits per heavy atom. The SMILES string of the molecule is Cc1ncoc1C1=NCCN1C. The summed E-state index contributed by atoms with van der Waals surface area (Å²) in [5, 5.41) is 0. The lowest BCUT2D eigenvalue weighted by Crippen LogP contribution is -2.23. The molecule has 12 heavy (non-hydrogen) atoms. The van der Waals surface area contributed by atoms with Crippen LogP contribution in [0.15, 0.2) is 15.8 Å². The number of hydrogen-bond donors (Lipinski definition) is 0. The number of amidine groups is 1. The van der Waals surface area contributed by atoms with Crippen LogP contribution >= 0.6 is 0 Å². The van der Waals surface area contributed by atoms with E-state index in [0.717, 1.165) is 30.4 Å². The molecule has 4 nitrogen and oxygen atoms in total. The fourth-order valence-electron chi connectivity index (χ4n) is 1.29. The Kier molecular flexibility index (Phi) is 1.60. The van der Waals surface area contributed by atoms with Crippen molar-refractivity contribution >= 4 is 5.84 Å². The number of aryl methyl sites for hydroxylation is 1. The molecule has 0 saturated heterocycles. The van der Waals surface area contributed by atoms with Crippen LogP contribution in [0, 0.1) is 6.92 Å². The number of aliphatic imine (C=N–C) groups is 1. The summed E-state index contributed by atoms with van der Waals surface area (Å²) < 4.78 is 5.24. The summed E-state index contributed by atoms with van der Waals surface area (Å²) in [6.07, 6.45) is 1.46. The first kappa shape index (κ1) is 7.34. The first-order valence-electron chi connectivity index (χ1n) is 3.95. The van der Waals surface area contributed by atoms with Crippen molar-refractivity contribution in [2.45, 2.75) is 6.92 Å². The van der Waals surface area contributed by atoms with Crippen LogP contribution in [0.25, 0.3) is 0 Å². The van der Waals surface area contributed by atoms with Gasteiger partial charge < -0.3 is 9.32 Å². The van der Waals surface area contributed by atoms with Gasteiger partial charge in [-0.2, -0.15) is 0 Å². The van der Waals surface area contributed by atoms with Crippen molar-refractivity contribution in [1.29, 1.82) is 0 Å². The minimum Gasteiger partial charge on any atom is -0.440 e. The van der Waals surface area contributed by atoms with Crippen molar-refractivity contribution in [2.75, 3.05) is 20.1 Å². The molecule has 2 heterocycles. The molecule has 0 radical (unpaired) electrons. The molecule has 1 aliphatic heterocycles. The van der Waals surface area contributed by atoms with Gasteiger partial charge in [0.1, 0.15) is 0 Å². The molecule has 0 aromatic carbocycles. The summed E-state index contributed by atoms with van der Waals surface area (Å²) >= 11 is 0. The van der Waals surface area contributed by atoms with E-state index in [2.05, 4.69) is 14.9 Å². The zero-order valence-electron chi connectivity index (χ0n) is 7.24. The highest BCUT2D eigenvalue weighted by atomic mass is 16.3. The van der Waals surface area contributed by atoms with Gasteiger partial charge in [0.2, 0.25) is 0 Å². The first-order chi connectivity index (χ1) is 5.79. The molecule has 0 saturated carbocycles. The van der Waals surface area contributed by atoms with Gasteiger partial charge in [0.15, 0.2) is 18.0 Å². The molecule has 1 aliphatic rings. The van der Waals surface area contributed by atoms with Crippen LogP contribution in [-0.4, -0.2) is 35.9 Å². The van der Waals surface area contributed by atoms with E-state index in [4.69, 9.17) is 4.42 Å². The first-order valence-corrected chi connectivity index (χ1v) is 3.95. The Labute approximate surface area is 70.9 Å². The third-order valence-electron chi connectivity index (χ3n) is 2.01. The number of rotatable bonds is 1. The van der Waals surface area contributed by atoms with E-state index in [9.17, 15) is 0 Å². The van der Waals surface area contributed by atoms with Crippen molar-refractivity contribution in [3.63, 3.8) is 0 Å². The van der Waals surface area contributed by atoms with Gasteiger partial charge in [-0.15, -0.1) is 0 Å². The summed E-state index contributed by atoms with van der Waals surface area (Å²) in [5.74, 6) is 1.72. The molecule has 0 N–H and O–H groups in total. The van der Waals surface area contributed by atoms with E-state index in [1.54, 1.807) is 0 Å². The minimum atomic E-state index is 0.801.